The van der Waals surface area contributed by atoms with Gasteiger partial charge in [-0.05, 0) is 37.9 Å². The van der Waals surface area contributed by atoms with Gasteiger partial charge in [-0.1, -0.05) is 0 Å². The van der Waals surface area contributed by atoms with Crippen molar-refractivity contribution in [3.05, 3.63) is 49.7 Å². The summed E-state index contributed by atoms with van der Waals surface area (Å²) in [4.78, 5) is 10.1. The van der Waals surface area contributed by atoms with Gasteiger partial charge in [0.1, 0.15) is 0 Å². The molecule has 0 bridgehead atoms. The van der Waals surface area contributed by atoms with Crippen LogP contribution in [-0.4, -0.2) is 14.7 Å². The van der Waals surface area contributed by atoms with Crippen molar-refractivity contribution in [2.75, 3.05) is 0 Å². The Morgan fingerprint density at radius 3 is 2.62 bits per heavy atom. The zero-order chi connectivity index (χ0) is 11.7. The fourth-order valence-corrected chi connectivity index (χ4v) is 2.06. The van der Waals surface area contributed by atoms with Crippen molar-refractivity contribution in [3.63, 3.8) is 0 Å². The van der Waals surface area contributed by atoms with E-state index < -0.39 is 4.92 Å². The third-order valence-corrected chi connectivity index (χ3v) is 2.98. The lowest BCUT2D eigenvalue weighted by atomic mass is 10.3. The molecular weight excluding hydrogens is 342 g/mol. The van der Waals surface area contributed by atoms with E-state index in [1.165, 1.54) is 12.1 Å². The second kappa shape index (κ2) is 4.34. The molecule has 2 rings (SSSR count). The van der Waals surface area contributed by atoms with Crippen LogP contribution in [0, 0.1) is 10.1 Å². The van der Waals surface area contributed by atoms with Crippen LogP contribution in [0.1, 0.15) is 0 Å². The largest absolute Gasteiger partial charge is 0.270 e. The number of aromatic nitrogens is 2. The molecule has 0 unspecified atom stereocenters. The first kappa shape index (κ1) is 11.3. The van der Waals surface area contributed by atoms with Gasteiger partial charge in [-0.2, -0.15) is 5.10 Å². The molecule has 0 aliphatic rings. The van der Waals surface area contributed by atoms with Gasteiger partial charge in [0.25, 0.3) is 5.69 Å². The zero-order valence-corrected chi connectivity index (χ0v) is 11.0. The van der Waals surface area contributed by atoms with Crippen molar-refractivity contribution in [3.8, 4) is 5.69 Å². The Kier molecular flexibility index (Phi) is 3.06. The van der Waals surface area contributed by atoms with Gasteiger partial charge in [-0.15, -0.1) is 0 Å². The molecule has 82 valence electrons. The standard InChI is InChI=1S/C9H5Br2N3O2/c10-6-4-12-13(5-6)9-2-1-7(14(15)16)3-8(9)11/h1-5H. The Morgan fingerprint density at radius 1 is 1.38 bits per heavy atom. The highest BCUT2D eigenvalue weighted by atomic mass is 79.9. The summed E-state index contributed by atoms with van der Waals surface area (Å²) < 4.78 is 3.09. The van der Waals surface area contributed by atoms with Crippen molar-refractivity contribution < 1.29 is 4.92 Å². The van der Waals surface area contributed by atoms with E-state index in [4.69, 9.17) is 0 Å². The molecule has 2 aromatic rings. The van der Waals surface area contributed by atoms with E-state index in [2.05, 4.69) is 37.0 Å². The maximum absolute atomic E-state index is 10.6. The molecule has 1 heterocycles. The Morgan fingerprint density at radius 2 is 2.12 bits per heavy atom. The van der Waals surface area contributed by atoms with E-state index >= 15 is 0 Å². The fourth-order valence-electron chi connectivity index (χ4n) is 1.23. The van der Waals surface area contributed by atoms with Crippen LogP contribution < -0.4 is 0 Å². The van der Waals surface area contributed by atoms with Crippen molar-refractivity contribution in [1.82, 2.24) is 9.78 Å². The highest BCUT2D eigenvalue weighted by Crippen LogP contribution is 2.26. The normalized spacial score (nSPS) is 10.4. The molecule has 16 heavy (non-hydrogen) atoms. The van der Waals surface area contributed by atoms with Crippen LogP contribution in [0.3, 0.4) is 0 Å². The Labute approximate surface area is 107 Å². The van der Waals surface area contributed by atoms with Gasteiger partial charge < -0.3 is 0 Å². The summed E-state index contributed by atoms with van der Waals surface area (Å²) >= 11 is 6.57. The Bertz CT molecular complexity index is 553. The smallest absolute Gasteiger partial charge is 0.258 e. The summed E-state index contributed by atoms with van der Waals surface area (Å²) in [7, 11) is 0. The van der Waals surface area contributed by atoms with Crippen molar-refractivity contribution in [1.29, 1.82) is 0 Å². The molecule has 0 saturated carbocycles. The van der Waals surface area contributed by atoms with Crippen molar-refractivity contribution in [2.24, 2.45) is 0 Å². The van der Waals surface area contributed by atoms with Gasteiger partial charge in [-0.25, -0.2) is 4.68 Å². The van der Waals surface area contributed by atoms with Crippen LogP contribution in [0.2, 0.25) is 0 Å². The van der Waals surface area contributed by atoms with Gasteiger partial charge in [-0.3, -0.25) is 10.1 Å². The Balaban J connectivity index is 2.47. The molecule has 0 saturated heterocycles. The minimum absolute atomic E-state index is 0.0434. The van der Waals surface area contributed by atoms with Crippen LogP contribution in [0.15, 0.2) is 39.5 Å². The first-order chi connectivity index (χ1) is 7.58. The number of rotatable bonds is 2. The Hall–Kier alpha value is -1.21. The van der Waals surface area contributed by atoms with Crippen LogP contribution in [0.5, 0.6) is 0 Å². The minimum Gasteiger partial charge on any atom is -0.258 e. The third kappa shape index (κ3) is 2.14. The number of nitro benzene ring substituents is 1. The fraction of sp³-hybridized carbons (Fsp3) is 0. The molecule has 1 aromatic carbocycles. The first-order valence-corrected chi connectivity index (χ1v) is 5.81. The van der Waals surface area contributed by atoms with Gasteiger partial charge in [0.2, 0.25) is 0 Å². The highest BCUT2D eigenvalue weighted by Gasteiger charge is 2.10. The van der Waals surface area contributed by atoms with E-state index in [9.17, 15) is 10.1 Å². The predicted molar refractivity (Wildman–Crippen MR) is 65.6 cm³/mol. The first-order valence-electron chi connectivity index (χ1n) is 4.22. The van der Waals surface area contributed by atoms with Crippen LogP contribution >= 0.6 is 31.9 Å². The van der Waals surface area contributed by atoms with E-state index in [1.807, 2.05) is 0 Å². The molecule has 0 radical (unpaired) electrons. The van der Waals surface area contributed by atoms with Gasteiger partial charge >= 0.3 is 0 Å². The number of hydrogen-bond acceptors (Lipinski definition) is 3. The number of hydrogen-bond donors (Lipinski definition) is 0. The van der Waals surface area contributed by atoms with E-state index in [0.717, 1.165) is 10.2 Å². The molecule has 0 N–H and O–H groups in total. The van der Waals surface area contributed by atoms with Crippen LogP contribution in [0.4, 0.5) is 5.69 Å². The quantitative estimate of drug-likeness (QED) is 0.619. The predicted octanol–water partition coefficient (Wildman–Crippen LogP) is 3.31. The molecule has 5 nitrogen and oxygen atoms in total. The molecule has 0 atom stereocenters. The molecule has 0 aliphatic heterocycles. The molecule has 0 fully saturated rings. The van der Waals surface area contributed by atoms with Gasteiger partial charge in [0.15, 0.2) is 0 Å². The average Bonchev–Trinajstić information content (AvgIpc) is 2.64. The minimum atomic E-state index is -0.437. The maximum atomic E-state index is 10.6. The molecule has 1 aromatic heterocycles. The summed E-state index contributed by atoms with van der Waals surface area (Å²) in [5.74, 6) is 0. The average molecular weight is 347 g/mol. The monoisotopic (exact) mass is 345 g/mol. The van der Waals surface area contributed by atoms with Crippen molar-refractivity contribution >= 4 is 37.5 Å². The second-order valence-corrected chi connectivity index (χ2v) is 4.77. The van der Waals surface area contributed by atoms with E-state index in [0.29, 0.717) is 4.47 Å². The van der Waals surface area contributed by atoms with E-state index in [1.54, 1.807) is 23.1 Å². The van der Waals surface area contributed by atoms with Crippen molar-refractivity contribution in [2.45, 2.75) is 0 Å². The summed E-state index contributed by atoms with van der Waals surface area (Å²) in [6, 6.07) is 4.53. The van der Waals surface area contributed by atoms with E-state index in [-0.39, 0.29) is 5.69 Å². The zero-order valence-electron chi connectivity index (χ0n) is 7.80. The highest BCUT2D eigenvalue weighted by molar-refractivity contribution is 9.10. The number of nitrogens with zero attached hydrogens (tertiary/aromatic N) is 3. The lowest BCUT2D eigenvalue weighted by Gasteiger charge is -2.03. The summed E-state index contributed by atoms with van der Waals surface area (Å²) in [6.07, 6.45) is 3.42. The maximum Gasteiger partial charge on any atom is 0.270 e. The number of non-ortho nitro benzene ring substituents is 1. The molecule has 0 aliphatic carbocycles. The van der Waals surface area contributed by atoms with Crippen LogP contribution in [0.25, 0.3) is 5.69 Å². The SMILES string of the molecule is O=[N+]([O-])c1ccc(-n2cc(Br)cn2)c(Br)c1. The number of halogens is 2. The number of benzene rings is 1. The molecular formula is C9H5Br2N3O2. The van der Waals surface area contributed by atoms with Crippen LogP contribution in [-0.2, 0) is 0 Å². The molecule has 7 heteroatoms. The summed E-state index contributed by atoms with van der Waals surface area (Å²) in [6.45, 7) is 0. The molecule has 0 amide bonds. The topological polar surface area (TPSA) is 61.0 Å². The van der Waals surface area contributed by atoms with Gasteiger partial charge in [0, 0.05) is 18.3 Å². The lowest BCUT2D eigenvalue weighted by Crippen LogP contribution is -1.96. The molecule has 0 spiro atoms. The summed E-state index contributed by atoms with van der Waals surface area (Å²) in [5, 5.41) is 14.7. The number of nitro groups is 1. The third-order valence-electron chi connectivity index (χ3n) is 1.94. The lowest BCUT2D eigenvalue weighted by molar-refractivity contribution is -0.384. The van der Waals surface area contributed by atoms with Gasteiger partial charge in [0.05, 0.1) is 25.8 Å². The summed E-state index contributed by atoms with van der Waals surface area (Å²) in [5.41, 5.74) is 0.790. The second-order valence-electron chi connectivity index (χ2n) is 3.00.